The van der Waals surface area contributed by atoms with Gasteiger partial charge in [0.1, 0.15) is 0 Å². The highest BCUT2D eigenvalue weighted by atomic mass is 32.2. The third-order valence-electron chi connectivity index (χ3n) is 2.85. The first-order valence-electron chi connectivity index (χ1n) is 5.45. The van der Waals surface area contributed by atoms with Crippen LogP contribution in [-0.4, -0.2) is 58.8 Å². The molecule has 1 amide bonds. The Kier molecular flexibility index (Phi) is 3.73. The molecule has 100 valence electrons. The van der Waals surface area contributed by atoms with E-state index in [1.807, 2.05) is 0 Å². The molecule has 2 unspecified atom stereocenters. The minimum atomic E-state index is -3.24. The number of aliphatic hydroxyl groups is 1. The van der Waals surface area contributed by atoms with Gasteiger partial charge in [0.05, 0.1) is 23.7 Å². The molecule has 0 aromatic carbocycles. The molecule has 1 rings (SSSR count). The third-order valence-corrected chi connectivity index (χ3v) is 4.56. The summed E-state index contributed by atoms with van der Waals surface area (Å²) in [5, 5.41) is 19.0. The second-order valence-electron chi connectivity index (χ2n) is 5.36. The van der Waals surface area contributed by atoms with Crippen LogP contribution in [0.3, 0.4) is 0 Å². The molecule has 0 saturated carbocycles. The van der Waals surface area contributed by atoms with E-state index in [1.165, 1.54) is 0 Å². The first kappa shape index (κ1) is 14.2. The van der Waals surface area contributed by atoms with Crippen LogP contribution < -0.4 is 0 Å². The number of carboxylic acid groups (broad SMARTS) is 1. The molecular formula is C10H19NO5S. The van der Waals surface area contributed by atoms with Crippen molar-refractivity contribution in [1.29, 1.82) is 0 Å². The van der Waals surface area contributed by atoms with E-state index in [1.54, 1.807) is 20.8 Å². The third kappa shape index (κ3) is 3.32. The maximum atomic E-state index is 11.3. The summed E-state index contributed by atoms with van der Waals surface area (Å²) < 4.78 is 22.6. The van der Waals surface area contributed by atoms with E-state index in [9.17, 15) is 23.4 Å². The van der Waals surface area contributed by atoms with Crippen LogP contribution >= 0.6 is 0 Å². The fourth-order valence-electron chi connectivity index (χ4n) is 2.17. The Morgan fingerprint density at radius 3 is 2.24 bits per heavy atom. The molecule has 1 fully saturated rings. The van der Waals surface area contributed by atoms with E-state index in [0.29, 0.717) is 0 Å². The molecule has 17 heavy (non-hydrogen) atoms. The van der Waals surface area contributed by atoms with Gasteiger partial charge in [-0.1, -0.05) is 0 Å². The van der Waals surface area contributed by atoms with Crippen molar-refractivity contribution in [3.8, 4) is 0 Å². The average Bonchev–Trinajstić information content (AvgIpc) is 2.05. The summed E-state index contributed by atoms with van der Waals surface area (Å²) in [6, 6.07) is -0.656. The van der Waals surface area contributed by atoms with Crippen molar-refractivity contribution in [2.75, 3.05) is 11.5 Å². The summed E-state index contributed by atoms with van der Waals surface area (Å²) in [6.07, 6.45) is -2.14. The second kappa shape index (κ2) is 4.45. The maximum Gasteiger partial charge on any atom is 0.408 e. The van der Waals surface area contributed by atoms with E-state index in [4.69, 9.17) is 0 Å². The Bertz CT molecular complexity index is 397. The van der Waals surface area contributed by atoms with Crippen LogP contribution in [0.4, 0.5) is 4.79 Å². The largest absolute Gasteiger partial charge is 0.465 e. The predicted octanol–water partition coefficient (Wildman–Crippen LogP) is 0.313. The Hall–Kier alpha value is -0.820. The lowest BCUT2D eigenvalue weighted by Crippen LogP contribution is -2.59. The zero-order valence-electron chi connectivity index (χ0n) is 10.3. The lowest BCUT2D eigenvalue weighted by molar-refractivity contribution is 0.0116. The number of carbonyl (C=O) groups is 1. The van der Waals surface area contributed by atoms with Crippen LogP contribution in [0.5, 0.6) is 0 Å². The van der Waals surface area contributed by atoms with Gasteiger partial charge in [-0.15, -0.1) is 0 Å². The smallest absolute Gasteiger partial charge is 0.408 e. The highest BCUT2D eigenvalue weighted by Gasteiger charge is 2.41. The van der Waals surface area contributed by atoms with Crippen LogP contribution in [0.2, 0.25) is 0 Å². The molecule has 1 aliphatic heterocycles. The van der Waals surface area contributed by atoms with Gasteiger partial charge in [-0.2, -0.15) is 0 Å². The van der Waals surface area contributed by atoms with Crippen molar-refractivity contribution in [2.24, 2.45) is 0 Å². The molecule has 6 nitrogen and oxygen atoms in total. The van der Waals surface area contributed by atoms with Crippen LogP contribution in [0.25, 0.3) is 0 Å². The normalized spacial score (nSPS) is 28.7. The first-order valence-corrected chi connectivity index (χ1v) is 7.27. The molecule has 1 aliphatic rings. The minimum absolute atomic E-state index is 0.0748. The van der Waals surface area contributed by atoms with Crippen LogP contribution in [-0.2, 0) is 9.84 Å². The second-order valence-corrected chi connectivity index (χ2v) is 7.59. The molecule has 0 radical (unpaired) electrons. The molecular weight excluding hydrogens is 246 g/mol. The number of sulfone groups is 1. The Labute approximate surface area is 101 Å². The topological polar surface area (TPSA) is 94.9 Å². The number of hydrogen-bond donors (Lipinski definition) is 2. The molecule has 0 spiro atoms. The molecule has 2 N–H and O–H groups in total. The van der Waals surface area contributed by atoms with Gasteiger partial charge in [-0.05, 0) is 27.2 Å². The van der Waals surface area contributed by atoms with E-state index in [0.717, 1.165) is 4.90 Å². The Morgan fingerprint density at radius 1 is 1.35 bits per heavy atom. The van der Waals surface area contributed by atoms with Gasteiger partial charge in [-0.3, -0.25) is 4.90 Å². The van der Waals surface area contributed by atoms with Gasteiger partial charge in [0.25, 0.3) is 0 Å². The van der Waals surface area contributed by atoms with Crippen LogP contribution in [0.15, 0.2) is 0 Å². The van der Waals surface area contributed by atoms with Crippen molar-refractivity contribution < 1.29 is 23.4 Å². The van der Waals surface area contributed by atoms with Crippen LogP contribution in [0.1, 0.15) is 27.2 Å². The zero-order valence-corrected chi connectivity index (χ0v) is 11.1. The number of hydrogen-bond acceptors (Lipinski definition) is 4. The van der Waals surface area contributed by atoms with Crippen molar-refractivity contribution in [3.63, 3.8) is 0 Å². The molecule has 0 bridgehead atoms. The number of nitrogens with zero attached hydrogens (tertiary/aromatic N) is 1. The number of amides is 1. The summed E-state index contributed by atoms with van der Waals surface area (Å²) in [5.74, 6) is -0.438. The van der Waals surface area contributed by atoms with Crippen LogP contribution in [0, 0.1) is 0 Å². The van der Waals surface area contributed by atoms with Crippen molar-refractivity contribution in [2.45, 2.75) is 44.9 Å². The first-order chi connectivity index (χ1) is 7.54. The molecule has 0 aliphatic carbocycles. The number of aliphatic hydroxyl groups excluding tert-OH is 1. The van der Waals surface area contributed by atoms with Crippen molar-refractivity contribution >= 4 is 15.9 Å². The van der Waals surface area contributed by atoms with E-state index >= 15 is 0 Å². The van der Waals surface area contributed by atoms with Gasteiger partial charge in [0, 0.05) is 5.54 Å². The fourth-order valence-corrected chi connectivity index (χ4v) is 3.68. The summed E-state index contributed by atoms with van der Waals surface area (Å²) in [5.41, 5.74) is -0.668. The highest BCUT2D eigenvalue weighted by Crippen LogP contribution is 2.25. The lowest BCUT2D eigenvalue weighted by Gasteiger charge is -2.43. The van der Waals surface area contributed by atoms with Gasteiger partial charge in [0.15, 0.2) is 9.84 Å². The highest BCUT2D eigenvalue weighted by molar-refractivity contribution is 7.91. The number of rotatable bonds is 1. The van der Waals surface area contributed by atoms with E-state index in [2.05, 4.69) is 0 Å². The van der Waals surface area contributed by atoms with E-state index in [-0.39, 0.29) is 17.9 Å². The standard InChI is InChI=1S/C10H19NO5S/c1-10(2,3)11(9(13)14)7-4-5-17(15,16)6-8(7)12/h7-8,12H,4-6H2,1-3H3,(H,13,14). The van der Waals surface area contributed by atoms with E-state index < -0.39 is 33.6 Å². The Balaban J connectivity index is 2.95. The summed E-state index contributed by atoms with van der Waals surface area (Å²) in [4.78, 5) is 12.4. The SMILES string of the molecule is CC(C)(C)N(C(=O)O)C1CCS(=O)(=O)CC1O. The quantitative estimate of drug-likeness (QED) is 0.711. The molecule has 7 heteroatoms. The molecule has 1 saturated heterocycles. The summed E-state index contributed by atoms with van der Waals surface area (Å²) in [7, 11) is -3.24. The minimum Gasteiger partial charge on any atom is -0.465 e. The predicted molar refractivity (Wildman–Crippen MR) is 62.7 cm³/mol. The van der Waals surface area contributed by atoms with Gasteiger partial charge < -0.3 is 10.2 Å². The molecule has 0 aromatic rings. The monoisotopic (exact) mass is 265 g/mol. The van der Waals surface area contributed by atoms with Gasteiger partial charge in [0.2, 0.25) is 0 Å². The zero-order chi connectivity index (χ0) is 13.4. The lowest BCUT2D eigenvalue weighted by atomic mass is 9.99. The fraction of sp³-hybridized carbons (Fsp3) is 0.900. The molecule has 0 aromatic heterocycles. The van der Waals surface area contributed by atoms with Crippen molar-refractivity contribution in [1.82, 2.24) is 4.90 Å². The van der Waals surface area contributed by atoms with Gasteiger partial charge in [-0.25, -0.2) is 13.2 Å². The Morgan fingerprint density at radius 2 is 1.88 bits per heavy atom. The summed E-state index contributed by atoms with van der Waals surface area (Å²) in [6.45, 7) is 5.16. The van der Waals surface area contributed by atoms with Gasteiger partial charge >= 0.3 is 6.09 Å². The average molecular weight is 265 g/mol. The summed E-state index contributed by atoms with van der Waals surface area (Å²) >= 11 is 0. The van der Waals surface area contributed by atoms with Crippen molar-refractivity contribution in [3.05, 3.63) is 0 Å². The maximum absolute atomic E-state index is 11.3. The molecule has 1 heterocycles. The molecule has 2 atom stereocenters.